The predicted molar refractivity (Wildman–Crippen MR) is 124 cm³/mol. The van der Waals surface area contributed by atoms with Gasteiger partial charge in [0.1, 0.15) is 0 Å². The molecule has 2 heterocycles. The Labute approximate surface area is 181 Å². The fraction of sp³-hybridized carbons (Fsp3) is 0.208. The number of hydrogen-bond donors (Lipinski definition) is 2. The zero-order valence-corrected chi connectivity index (χ0v) is 18.0. The molecule has 7 heteroatoms. The molecular formula is C24H26N6O. The number of benzene rings is 2. The van der Waals surface area contributed by atoms with Gasteiger partial charge in [-0.3, -0.25) is 4.79 Å². The van der Waals surface area contributed by atoms with Gasteiger partial charge >= 0.3 is 0 Å². The van der Waals surface area contributed by atoms with Crippen molar-refractivity contribution in [1.29, 1.82) is 0 Å². The highest BCUT2D eigenvalue weighted by Gasteiger charge is 2.10. The van der Waals surface area contributed by atoms with Gasteiger partial charge in [-0.1, -0.05) is 35.9 Å². The molecule has 2 N–H and O–H groups in total. The van der Waals surface area contributed by atoms with Gasteiger partial charge in [-0.15, -0.1) is 5.10 Å². The summed E-state index contributed by atoms with van der Waals surface area (Å²) in [7, 11) is 3.95. The van der Waals surface area contributed by atoms with Gasteiger partial charge in [-0.05, 0) is 57.4 Å². The molecule has 0 unspecified atom stereocenters. The molecule has 0 radical (unpaired) electrons. The van der Waals surface area contributed by atoms with E-state index in [0.717, 1.165) is 29.1 Å². The molecule has 158 valence electrons. The largest absolute Gasteiger partial charge is 0.351 e. The Morgan fingerprint density at radius 1 is 1.00 bits per heavy atom. The van der Waals surface area contributed by atoms with Crippen LogP contribution in [0.15, 0.2) is 66.7 Å². The summed E-state index contributed by atoms with van der Waals surface area (Å²) in [6.07, 6.45) is 0. The third-order valence-electron chi connectivity index (χ3n) is 4.95. The van der Waals surface area contributed by atoms with Gasteiger partial charge in [-0.2, -0.15) is 4.98 Å². The number of amides is 1. The fourth-order valence-corrected chi connectivity index (χ4v) is 3.23. The van der Waals surface area contributed by atoms with E-state index in [-0.39, 0.29) is 5.91 Å². The molecule has 31 heavy (non-hydrogen) atoms. The maximum atomic E-state index is 12.2. The van der Waals surface area contributed by atoms with Crippen LogP contribution in [0.3, 0.4) is 0 Å². The van der Waals surface area contributed by atoms with Crippen molar-refractivity contribution in [3.8, 4) is 11.3 Å². The van der Waals surface area contributed by atoms with E-state index in [4.69, 9.17) is 0 Å². The summed E-state index contributed by atoms with van der Waals surface area (Å²) in [6, 6.07) is 21.6. The first-order valence-corrected chi connectivity index (χ1v) is 10.2. The Kier molecular flexibility index (Phi) is 5.95. The Bertz CT molecular complexity index is 1180. The lowest BCUT2D eigenvalue weighted by molar-refractivity contribution is 0.0951. The van der Waals surface area contributed by atoms with Crippen molar-refractivity contribution in [3.63, 3.8) is 0 Å². The van der Waals surface area contributed by atoms with E-state index in [1.807, 2.05) is 53.8 Å². The van der Waals surface area contributed by atoms with Crippen molar-refractivity contribution in [3.05, 3.63) is 77.9 Å². The number of nitrogens with one attached hydrogen (secondary N) is 2. The molecule has 0 saturated heterocycles. The molecule has 4 aromatic rings. The molecule has 0 saturated carbocycles. The van der Waals surface area contributed by atoms with Crippen LogP contribution in [0.5, 0.6) is 0 Å². The summed E-state index contributed by atoms with van der Waals surface area (Å²) < 4.78 is 1.83. The van der Waals surface area contributed by atoms with Crippen molar-refractivity contribution >= 4 is 23.2 Å². The molecule has 2 aromatic carbocycles. The number of anilines is 2. The number of aryl methyl sites for hydroxylation is 1. The highest BCUT2D eigenvalue weighted by molar-refractivity contribution is 5.94. The minimum atomic E-state index is -0.0815. The number of aromatic nitrogens is 3. The van der Waals surface area contributed by atoms with Crippen LogP contribution in [-0.2, 0) is 0 Å². The number of rotatable bonds is 7. The third kappa shape index (κ3) is 4.90. The summed E-state index contributed by atoms with van der Waals surface area (Å²) >= 11 is 0. The van der Waals surface area contributed by atoms with Crippen LogP contribution in [0.25, 0.3) is 16.9 Å². The van der Waals surface area contributed by atoms with E-state index >= 15 is 0 Å². The van der Waals surface area contributed by atoms with E-state index in [2.05, 4.69) is 51.9 Å². The third-order valence-corrected chi connectivity index (χ3v) is 4.95. The summed E-state index contributed by atoms with van der Waals surface area (Å²) in [6.45, 7) is 3.48. The molecule has 2 aromatic heterocycles. The Morgan fingerprint density at radius 3 is 2.45 bits per heavy atom. The second-order valence-corrected chi connectivity index (χ2v) is 7.74. The number of hydrogen-bond acceptors (Lipinski definition) is 5. The van der Waals surface area contributed by atoms with Gasteiger partial charge in [-0.25, -0.2) is 4.52 Å². The molecule has 4 rings (SSSR count). The molecule has 0 spiro atoms. The highest BCUT2D eigenvalue weighted by Crippen LogP contribution is 2.22. The minimum absolute atomic E-state index is 0.0815. The maximum absolute atomic E-state index is 12.2. The average molecular weight is 415 g/mol. The number of nitrogens with zero attached hydrogens (tertiary/aromatic N) is 4. The molecule has 7 nitrogen and oxygen atoms in total. The molecule has 0 bridgehead atoms. The average Bonchev–Trinajstić information content (AvgIpc) is 3.17. The van der Waals surface area contributed by atoms with Gasteiger partial charge in [0.25, 0.3) is 5.91 Å². The normalized spacial score (nSPS) is 11.1. The number of fused-ring (bicyclic) bond motifs is 1. The predicted octanol–water partition coefficient (Wildman–Crippen LogP) is 3.74. The standard InChI is InChI=1S/C24H26N6O/c1-17-7-9-18(10-8-17)21-5-4-6-22-27-24(28-30(21)22)26-20-13-11-19(12-14-20)23(31)25-15-16-29(2)3/h4-14H,15-16H2,1-3H3,(H,25,31)(H,26,28). The second kappa shape index (κ2) is 8.97. The number of carbonyl (C=O) groups excluding carboxylic acids is 1. The molecule has 0 aliphatic rings. The van der Waals surface area contributed by atoms with Crippen molar-refractivity contribution in [2.45, 2.75) is 6.92 Å². The van der Waals surface area contributed by atoms with Crippen LogP contribution >= 0.6 is 0 Å². The summed E-state index contributed by atoms with van der Waals surface area (Å²) in [5.74, 6) is 0.421. The first-order valence-electron chi connectivity index (χ1n) is 10.2. The van der Waals surface area contributed by atoms with E-state index in [0.29, 0.717) is 18.1 Å². The number of carbonyl (C=O) groups is 1. The first-order chi connectivity index (χ1) is 15.0. The van der Waals surface area contributed by atoms with E-state index < -0.39 is 0 Å². The molecule has 1 amide bonds. The van der Waals surface area contributed by atoms with E-state index in [9.17, 15) is 4.79 Å². The topological polar surface area (TPSA) is 74.6 Å². The summed E-state index contributed by atoms with van der Waals surface area (Å²) in [5.41, 5.74) is 5.47. The summed E-state index contributed by atoms with van der Waals surface area (Å²) in [5, 5.41) is 10.8. The second-order valence-electron chi connectivity index (χ2n) is 7.74. The molecule has 0 fully saturated rings. The van der Waals surface area contributed by atoms with Crippen molar-refractivity contribution in [2.75, 3.05) is 32.5 Å². The Balaban J connectivity index is 1.49. The van der Waals surface area contributed by atoms with E-state index in [1.54, 1.807) is 12.1 Å². The lowest BCUT2D eigenvalue weighted by Gasteiger charge is -2.10. The monoisotopic (exact) mass is 414 g/mol. The quantitative estimate of drug-likeness (QED) is 0.482. The van der Waals surface area contributed by atoms with Crippen LogP contribution < -0.4 is 10.6 Å². The van der Waals surface area contributed by atoms with Gasteiger partial charge in [0.05, 0.1) is 5.69 Å². The lowest BCUT2D eigenvalue weighted by atomic mass is 10.1. The van der Waals surface area contributed by atoms with Crippen molar-refractivity contribution in [2.24, 2.45) is 0 Å². The van der Waals surface area contributed by atoms with Gasteiger partial charge in [0, 0.05) is 29.9 Å². The minimum Gasteiger partial charge on any atom is -0.351 e. The fourth-order valence-electron chi connectivity index (χ4n) is 3.23. The molecular weight excluding hydrogens is 388 g/mol. The molecule has 0 atom stereocenters. The molecule has 0 aliphatic carbocycles. The Morgan fingerprint density at radius 2 is 1.74 bits per heavy atom. The van der Waals surface area contributed by atoms with Crippen molar-refractivity contribution in [1.82, 2.24) is 24.8 Å². The van der Waals surface area contributed by atoms with Crippen LogP contribution in [0, 0.1) is 6.92 Å². The molecule has 0 aliphatic heterocycles. The van der Waals surface area contributed by atoms with Crippen LogP contribution in [0.1, 0.15) is 15.9 Å². The van der Waals surface area contributed by atoms with Crippen LogP contribution in [-0.4, -0.2) is 52.6 Å². The van der Waals surface area contributed by atoms with Crippen LogP contribution in [0.2, 0.25) is 0 Å². The lowest BCUT2D eigenvalue weighted by Crippen LogP contribution is -2.31. The smallest absolute Gasteiger partial charge is 0.251 e. The van der Waals surface area contributed by atoms with Gasteiger partial charge < -0.3 is 15.5 Å². The van der Waals surface area contributed by atoms with E-state index in [1.165, 1.54) is 5.56 Å². The van der Waals surface area contributed by atoms with Gasteiger partial charge in [0.2, 0.25) is 5.95 Å². The zero-order chi connectivity index (χ0) is 21.8. The number of likely N-dealkylation sites (N-methyl/N-ethyl adjacent to an activating group) is 1. The number of pyridine rings is 1. The van der Waals surface area contributed by atoms with Crippen LogP contribution in [0.4, 0.5) is 11.6 Å². The SMILES string of the molecule is Cc1ccc(-c2cccc3nc(Nc4ccc(C(=O)NCCN(C)C)cc4)nn23)cc1. The zero-order valence-electron chi connectivity index (χ0n) is 18.0. The summed E-state index contributed by atoms with van der Waals surface area (Å²) in [4.78, 5) is 18.8. The van der Waals surface area contributed by atoms with Crippen molar-refractivity contribution < 1.29 is 4.79 Å². The maximum Gasteiger partial charge on any atom is 0.251 e. The highest BCUT2D eigenvalue weighted by atomic mass is 16.1. The first kappa shape index (κ1) is 20.6. The Hall–Kier alpha value is -3.71. The van der Waals surface area contributed by atoms with Gasteiger partial charge in [0.15, 0.2) is 5.65 Å².